The third-order valence-corrected chi connectivity index (χ3v) is 3.80. The molecule has 1 aliphatic heterocycles. The third kappa shape index (κ3) is 7.64. The van der Waals surface area contributed by atoms with Crippen molar-refractivity contribution in [3.63, 3.8) is 0 Å². The number of nitrogens with zero attached hydrogens (tertiary/aromatic N) is 1. The molecule has 0 radical (unpaired) electrons. The number of ether oxygens (including phenoxy) is 3. The first-order valence-corrected chi connectivity index (χ1v) is 7.83. The van der Waals surface area contributed by atoms with Crippen molar-refractivity contribution in [3.05, 3.63) is 0 Å². The fourth-order valence-corrected chi connectivity index (χ4v) is 2.41. The van der Waals surface area contributed by atoms with E-state index in [2.05, 4.69) is 13.8 Å². The van der Waals surface area contributed by atoms with E-state index in [9.17, 15) is 4.79 Å². The largest absolute Gasteiger partial charge is 0.447 e. The van der Waals surface area contributed by atoms with Gasteiger partial charge in [0.25, 0.3) is 0 Å². The van der Waals surface area contributed by atoms with Gasteiger partial charge in [-0.3, -0.25) is 0 Å². The number of likely N-dealkylation sites (tertiary alicyclic amines) is 1. The van der Waals surface area contributed by atoms with Gasteiger partial charge in [-0.1, -0.05) is 13.8 Å². The van der Waals surface area contributed by atoms with Crippen molar-refractivity contribution in [1.29, 1.82) is 0 Å². The second-order valence-electron chi connectivity index (χ2n) is 5.63. The highest BCUT2D eigenvalue weighted by Crippen LogP contribution is 2.24. The van der Waals surface area contributed by atoms with E-state index in [1.54, 1.807) is 4.90 Å². The molecule has 0 spiro atoms. The number of carbonyl (C=O) groups is 1. The summed E-state index contributed by atoms with van der Waals surface area (Å²) in [5.41, 5.74) is 0. The van der Waals surface area contributed by atoms with Crippen LogP contribution in [-0.4, -0.2) is 68.8 Å². The second kappa shape index (κ2) is 10.8. The lowest BCUT2D eigenvalue weighted by molar-refractivity contribution is 0.0123. The number of aliphatic hydroxyl groups excluding tert-OH is 1. The summed E-state index contributed by atoms with van der Waals surface area (Å²) < 4.78 is 15.5. The number of piperidine rings is 1. The fourth-order valence-electron chi connectivity index (χ4n) is 2.41. The van der Waals surface area contributed by atoms with E-state index in [4.69, 9.17) is 19.3 Å². The van der Waals surface area contributed by atoms with Crippen LogP contribution in [-0.2, 0) is 14.2 Å². The van der Waals surface area contributed by atoms with Crippen LogP contribution in [0, 0.1) is 11.8 Å². The summed E-state index contributed by atoms with van der Waals surface area (Å²) in [6.07, 6.45) is 1.88. The Morgan fingerprint density at radius 3 is 2.24 bits per heavy atom. The van der Waals surface area contributed by atoms with Gasteiger partial charge in [0.15, 0.2) is 0 Å². The molecule has 124 valence electrons. The van der Waals surface area contributed by atoms with Gasteiger partial charge in [0.05, 0.1) is 33.0 Å². The Kier molecular flexibility index (Phi) is 9.37. The number of aliphatic hydroxyl groups is 1. The Bertz CT molecular complexity index is 277. The number of hydrogen-bond acceptors (Lipinski definition) is 5. The Morgan fingerprint density at radius 2 is 1.67 bits per heavy atom. The molecule has 0 aromatic carbocycles. The lowest BCUT2D eigenvalue weighted by Gasteiger charge is -2.33. The molecule has 1 fully saturated rings. The summed E-state index contributed by atoms with van der Waals surface area (Å²) in [6.45, 7) is 7.92. The first kappa shape index (κ1) is 18.2. The van der Waals surface area contributed by atoms with E-state index in [0.717, 1.165) is 31.8 Å². The Labute approximate surface area is 127 Å². The standard InChI is InChI=1S/C15H29NO5/c1-13(2)14-3-5-16(6-4-14)15(18)21-12-11-20-10-9-19-8-7-17/h13-14,17H,3-12H2,1-2H3. The third-order valence-electron chi connectivity index (χ3n) is 3.80. The molecule has 6 heteroatoms. The second-order valence-corrected chi connectivity index (χ2v) is 5.63. The summed E-state index contributed by atoms with van der Waals surface area (Å²) in [4.78, 5) is 13.6. The van der Waals surface area contributed by atoms with Gasteiger partial charge >= 0.3 is 6.09 Å². The van der Waals surface area contributed by atoms with Crippen LogP contribution in [0.3, 0.4) is 0 Å². The molecule has 6 nitrogen and oxygen atoms in total. The summed E-state index contributed by atoms with van der Waals surface area (Å²) in [7, 11) is 0. The normalized spacial score (nSPS) is 16.5. The van der Waals surface area contributed by atoms with Crippen LogP contribution in [0.4, 0.5) is 4.79 Å². The van der Waals surface area contributed by atoms with Crippen LogP contribution in [0.5, 0.6) is 0 Å². The zero-order chi connectivity index (χ0) is 15.5. The van der Waals surface area contributed by atoms with E-state index in [-0.39, 0.29) is 19.3 Å². The van der Waals surface area contributed by atoms with Gasteiger partial charge in [0, 0.05) is 13.1 Å². The van der Waals surface area contributed by atoms with Crippen molar-refractivity contribution in [2.24, 2.45) is 11.8 Å². The Balaban J connectivity index is 1.99. The van der Waals surface area contributed by atoms with Gasteiger partial charge in [-0.25, -0.2) is 4.79 Å². The fraction of sp³-hybridized carbons (Fsp3) is 0.933. The molecule has 0 aromatic heterocycles. The van der Waals surface area contributed by atoms with Gasteiger partial charge in [-0.05, 0) is 24.7 Å². The smallest absolute Gasteiger partial charge is 0.409 e. The van der Waals surface area contributed by atoms with Crippen LogP contribution < -0.4 is 0 Å². The van der Waals surface area contributed by atoms with E-state index in [1.807, 2.05) is 0 Å². The van der Waals surface area contributed by atoms with Gasteiger partial charge in [-0.15, -0.1) is 0 Å². The first-order chi connectivity index (χ1) is 10.1. The minimum atomic E-state index is -0.239. The summed E-state index contributed by atoms with van der Waals surface area (Å²) in [5.74, 6) is 1.40. The van der Waals surface area contributed by atoms with Crippen LogP contribution in [0.15, 0.2) is 0 Å². The molecule has 21 heavy (non-hydrogen) atoms. The first-order valence-electron chi connectivity index (χ1n) is 7.83. The quantitative estimate of drug-likeness (QED) is 0.654. The Hall–Kier alpha value is -0.850. The van der Waals surface area contributed by atoms with Crippen molar-refractivity contribution in [2.75, 3.05) is 52.7 Å². The maximum absolute atomic E-state index is 11.8. The Morgan fingerprint density at radius 1 is 1.10 bits per heavy atom. The number of carbonyl (C=O) groups excluding carboxylic acids is 1. The van der Waals surface area contributed by atoms with Gasteiger partial charge < -0.3 is 24.2 Å². The van der Waals surface area contributed by atoms with Crippen LogP contribution in [0.25, 0.3) is 0 Å². The SMILES string of the molecule is CC(C)C1CCN(C(=O)OCCOCCOCCO)CC1. The molecule has 1 rings (SSSR count). The summed E-state index contributed by atoms with van der Waals surface area (Å²) in [5, 5.41) is 8.51. The molecule has 1 aliphatic rings. The van der Waals surface area contributed by atoms with E-state index < -0.39 is 0 Å². The van der Waals surface area contributed by atoms with Crippen molar-refractivity contribution in [3.8, 4) is 0 Å². The molecule has 1 N–H and O–H groups in total. The molecular weight excluding hydrogens is 274 g/mol. The van der Waals surface area contributed by atoms with E-state index in [1.165, 1.54) is 0 Å². The zero-order valence-corrected chi connectivity index (χ0v) is 13.3. The van der Waals surface area contributed by atoms with Crippen molar-refractivity contribution in [2.45, 2.75) is 26.7 Å². The molecule has 0 aliphatic carbocycles. The maximum atomic E-state index is 11.8. The summed E-state index contributed by atoms with van der Waals surface area (Å²) in [6, 6.07) is 0. The van der Waals surface area contributed by atoms with Crippen molar-refractivity contribution >= 4 is 6.09 Å². The number of rotatable bonds is 9. The average molecular weight is 303 g/mol. The molecule has 0 aromatic rings. The van der Waals surface area contributed by atoms with E-state index >= 15 is 0 Å². The molecule has 0 saturated carbocycles. The van der Waals surface area contributed by atoms with Gasteiger partial charge in [0.2, 0.25) is 0 Å². The highest BCUT2D eigenvalue weighted by atomic mass is 16.6. The topological polar surface area (TPSA) is 68.2 Å². The molecule has 1 amide bonds. The number of amides is 1. The minimum Gasteiger partial charge on any atom is -0.447 e. The maximum Gasteiger partial charge on any atom is 0.409 e. The lowest BCUT2D eigenvalue weighted by Crippen LogP contribution is -2.40. The molecule has 1 heterocycles. The molecule has 0 atom stereocenters. The van der Waals surface area contributed by atoms with Crippen LogP contribution in [0.1, 0.15) is 26.7 Å². The highest BCUT2D eigenvalue weighted by molar-refractivity contribution is 5.67. The number of hydrogen-bond donors (Lipinski definition) is 1. The monoisotopic (exact) mass is 303 g/mol. The van der Waals surface area contributed by atoms with Gasteiger partial charge in [-0.2, -0.15) is 0 Å². The highest BCUT2D eigenvalue weighted by Gasteiger charge is 2.25. The average Bonchev–Trinajstić information content (AvgIpc) is 2.49. The summed E-state index contributed by atoms with van der Waals surface area (Å²) >= 11 is 0. The predicted octanol–water partition coefficient (Wildman–Crippen LogP) is 1.52. The van der Waals surface area contributed by atoms with E-state index in [0.29, 0.717) is 32.3 Å². The van der Waals surface area contributed by atoms with Crippen LogP contribution >= 0.6 is 0 Å². The molecule has 1 saturated heterocycles. The molecule has 0 bridgehead atoms. The predicted molar refractivity (Wildman–Crippen MR) is 79.2 cm³/mol. The molecular formula is C15H29NO5. The van der Waals surface area contributed by atoms with Crippen LogP contribution in [0.2, 0.25) is 0 Å². The van der Waals surface area contributed by atoms with Gasteiger partial charge in [0.1, 0.15) is 6.61 Å². The molecule has 0 unspecified atom stereocenters. The van der Waals surface area contributed by atoms with Crippen molar-refractivity contribution < 1.29 is 24.1 Å². The van der Waals surface area contributed by atoms with Crippen molar-refractivity contribution in [1.82, 2.24) is 4.90 Å². The minimum absolute atomic E-state index is 0.0190. The zero-order valence-electron chi connectivity index (χ0n) is 13.3. The lowest BCUT2D eigenvalue weighted by atomic mass is 9.87.